The molecule has 1 saturated carbocycles. The Labute approximate surface area is 229 Å². The Morgan fingerprint density at radius 3 is 2.39 bits per heavy atom. The molecule has 3 fully saturated rings. The van der Waals surface area contributed by atoms with Crippen LogP contribution in [0.15, 0.2) is 53.4 Å². The van der Waals surface area contributed by atoms with E-state index in [4.69, 9.17) is 0 Å². The van der Waals surface area contributed by atoms with Crippen molar-refractivity contribution in [1.82, 2.24) is 9.80 Å². The van der Waals surface area contributed by atoms with E-state index in [1.807, 2.05) is 18.2 Å². The number of nitrogens with zero attached hydrogens (tertiary/aromatic N) is 2. The predicted molar refractivity (Wildman–Crippen MR) is 148 cm³/mol. The molecule has 0 spiro atoms. The first-order valence-electron chi connectivity index (χ1n) is 14.3. The molecular formula is C31H40F2N2O2S. The maximum atomic E-state index is 14.2. The van der Waals surface area contributed by atoms with Gasteiger partial charge in [-0.05, 0) is 104 Å². The van der Waals surface area contributed by atoms with Gasteiger partial charge in [0.2, 0.25) is 0 Å². The van der Waals surface area contributed by atoms with Crippen LogP contribution >= 0.6 is 11.8 Å². The molecule has 1 N–H and O–H groups in total. The zero-order valence-corrected chi connectivity index (χ0v) is 22.9. The van der Waals surface area contributed by atoms with E-state index in [1.54, 1.807) is 23.9 Å². The Hall–Kier alpha value is -1.96. The minimum atomic E-state index is -0.713. The van der Waals surface area contributed by atoms with Gasteiger partial charge >= 0.3 is 5.97 Å². The van der Waals surface area contributed by atoms with Gasteiger partial charge in [-0.25, -0.2) is 8.78 Å². The fraction of sp³-hybridized carbons (Fsp3) is 0.581. The average molecular weight is 543 g/mol. The lowest BCUT2D eigenvalue weighted by Crippen LogP contribution is -2.43. The number of carboxylic acids is 1. The molecule has 2 aromatic rings. The number of piperidine rings is 1. The van der Waals surface area contributed by atoms with Crippen molar-refractivity contribution in [3.8, 4) is 0 Å². The van der Waals surface area contributed by atoms with Gasteiger partial charge in [0.05, 0.1) is 0 Å². The van der Waals surface area contributed by atoms with Crippen molar-refractivity contribution in [2.45, 2.75) is 61.8 Å². The summed E-state index contributed by atoms with van der Waals surface area (Å²) in [6.07, 6.45) is 7.75. The first kappa shape index (κ1) is 27.6. The summed E-state index contributed by atoms with van der Waals surface area (Å²) in [7, 11) is 0. The van der Waals surface area contributed by atoms with E-state index in [-0.39, 0.29) is 17.6 Å². The van der Waals surface area contributed by atoms with Crippen molar-refractivity contribution in [2.24, 2.45) is 17.8 Å². The van der Waals surface area contributed by atoms with Gasteiger partial charge in [-0.3, -0.25) is 9.69 Å². The highest BCUT2D eigenvalue weighted by molar-refractivity contribution is 7.99. The molecule has 3 atom stereocenters. The van der Waals surface area contributed by atoms with E-state index in [9.17, 15) is 18.7 Å². The Kier molecular flexibility index (Phi) is 9.39. The Morgan fingerprint density at radius 1 is 0.974 bits per heavy atom. The predicted octanol–water partition coefficient (Wildman–Crippen LogP) is 6.52. The van der Waals surface area contributed by atoms with Crippen molar-refractivity contribution in [3.63, 3.8) is 0 Å². The van der Waals surface area contributed by atoms with Crippen LogP contribution < -0.4 is 0 Å². The number of thioether (sulfide) groups is 1. The van der Waals surface area contributed by atoms with Crippen LogP contribution in [-0.2, 0) is 4.79 Å². The normalized spacial score (nSPS) is 24.4. The SMILES string of the molecule is O=C(O)C(CC1CCC1)N1C[C@H](CN2CCC(CCSc3ccc(F)cc3)CC2)[C@@H](c2cccc(F)c2)C1. The van der Waals surface area contributed by atoms with Crippen molar-refractivity contribution < 1.29 is 18.7 Å². The highest BCUT2D eigenvalue weighted by Crippen LogP contribution is 2.38. The summed E-state index contributed by atoms with van der Waals surface area (Å²) in [5, 5.41) is 10.1. The zero-order valence-electron chi connectivity index (χ0n) is 22.1. The molecule has 1 unspecified atom stereocenters. The number of hydrogen-bond acceptors (Lipinski definition) is 4. The molecular weight excluding hydrogens is 502 g/mol. The van der Waals surface area contributed by atoms with Crippen LogP contribution in [0.4, 0.5) is 8.78 Å². The number of hydrogen-bond donors (Lipinski definition) is 1. The largest absolute Gasteiger partial charge is 0.480 e. The Morgan fingerprint density at radius 2 is 1.74 bits per heavy atom. The van der Waals surface area contributed by atoms with Gasteiger partial charge in [-0.2, -0.15) is 0 Å². The van der Waals surface area contributed by atoms with E-state index in [1.165, 1.54) is 43.9 Å². The quantitative estimate of drug-likeness (QED) is 0.328. The number of likely N-dealkylation sites (tertiary alicyclic amines) is 2. The van der Waals surface area contributed by atoms with Crippen LogP contribution in [0.3, 0.4) is 0 Å². The third kappa shape index (κ3) is 7.16. The van der Waals surface area contributed by atoms with Crippen LogP contribution in [0.5, 0.6) is 0 Å². The van der Waals surface area contributed by atoms with E-state index < -0.39 is 12.0 Å². The third-order valence-corrected chi connectivity index (χ3v) is 10.1. The van der Waals surface area contributed by atoms with E-state index in [0.717, 1.165) is 61.7 Å². The Balaban J connectivity index is 1.16. The van der Waals surface area contributed by atoms with Crippen molar-refractivity contribution in [3.05, 3.63) is 65.7 Å². The lowest BCUT2D eigenvalue weighted by atomic mass is 9.80. The third-order valence-electron chi connectivity index (χ3n) is 9.06. The van der Waals surface area contributed by atoms with Gasteiger partial charge in [0.15, 0.2) is 0 Å². The van der Waals surface area contributed by atoms with Gasteiger partial charge in [-0.15, -0.1) is 11.8 Å². The summed E-state index contributed by atoms with van der Waals surface area (Å²) in [5.41, 5.74) is 0.998. The van der Waals surface area contributed by atoms with E-state index in [2.05, 4.69) is 9.80 Å². The first-order valence-corrected chi connectivity index (χ1v) is 15.3. The lowest BCUT2D eigenvalue weighted by Gasteiger charge is -2.35. The van der Waals surface area contributed by atoms with Gasteiger partial charge in [0.1, 0.15) is 17.7 Å². The topological polar surface area (TPSA) is 43.8 Å². The molecule has 7 heteroatoms. The summed E-state index contributed by atoms with van der Waals surface area (Å²) in [4.78, 5) is 18.1. The molecule has 0 radical (unpaired) electrons. The van der Waals surface area contributed by atoms with Crippen LogP contribution in [0.1, 0.15) is 56.4 Å². The second-order valence-electron chi connectivity index (χ2n) is 11.6. The molecule has 1 aliphatic carbocycles. The average Bonchev–Trinajstić information content (AvgIpc) is 3.28. The van der Waals surface area contributed by atoms with Crippen LogP contribution in [0.25, 0.3) is 0 Å². The summed E-state index contributed by atoms with van der Waals surface area (Å²) in [6.45, 7) is 4.50. The molecule has 2 aliphatic heterocycles. The second-order valence-corrected chi connectivity index (χ2v) is 12.8. The smallest absolute Gasteiger partial charge is 0.320 e. The maximum absolute atomic E-state index is 14.2. The van der Waals surface area contributed by atoms with E-state index in [0.29, 0.717) is 24.3 Å². The molecule has 2 aromatic carbocycles. The van der Waals surface area contributed by atoms with Crippen molar-refractivity contribution in [1.29, 1.82) is 0 Å². The summed E-state index contributed by atoms with van der Waals surface area (Å²) < 4.78 is 27.3. The summed E-state index contributed by atoms with van der Waals surface area (Å²) in [6, 6.07) is 13.2. The molecule has 2 heterocycles. The minimum absolute atomic E-state index is 0.152. The van der Waals surface area contributed by atoms with Gasteiger partial charge in [-0.1, -0.05) is 31.4 Å². The summed E-state index contributed by atoms with van der Waals surface area (Å²) >= 11 is 1.80. The number of halogens is 2. The van der Waals surface area contributed by atoms with Crippen molar-refractivity contribution >= 4 is 17.7 Å². The molecule has 3 aliphatic rings. The molecule has 5 rings (SSSR count). The zero-order chi connectivity index (χ0) is 26.5. The maximum Gasteiger partial charge on any atom is 0.320 e. The number of carbonyl (C=O) groups is 1. The molecule has 0 aromatic heterocycles. The standard InChI is InChI=1S/C31H40F2N2O2S/c32-26-7-9-28(10-8-26)38-16-13-22-11-14-34(15-12-22)19-25-20-35(30(31(36)37)17-23-3-1-4-23)21-29(25)24-5-2-6-27(33)18-24/h2,5-10,18,22-23,25,29-30H,1,3-4,11-17,19-21H2,(H,36,37)/t25-,29+,30?/m0/s1. The molecule has 4 nitrogen and oxygen atoms in total. The summed E-state index contributed by atoms with van der Waals surface area (Å²) in [5.74, 6) is 1.61. The minimum Gasteiger partial charge on any atom is -0.480 e. The number of rotatable bonds is 11. The van der Waals surface area contributed by atoms with Gasteiger partial charge in [0, 0.05) is 30.4 Å². The fourth-order valence-electron chi connectivity index (χ4n) is 6.57. The molecule has 206 valence electrons. The number of carboxylic acid groups (broad SMARTS) is 1. The van der Waals surface area contributed by atoms with Gasteiger partial charge in [0.25, 0.3) is 0 Å². The molecule has 38 heavy (non-hydrogen) atoms. The molecule has 0 amide bonds. The Bertz CT molecular complexity index is 1060. The van der Waals surface area contributed by atoms with Gasteiger partial charge < -0.3 is 10.0 Å². The van der Waals surface area contributed by atoms with Crippen LogP contribution in [0.2, 0.25) is 0 Å². The van der Waals surface area contributed by atoms with Crippen molar-refractivity contribution in [2.75, 3.05) is 38.5 Å². The monoisotopic (exact) mass is 542 g/mol. The fourth-order valence-corrected chi connectivity index (χ4v) is 7.59. The van der Waals surface area contributed by atoms with E-state index >= 15 is 0 Å². The first-order chi connectivity index (χ1) is 18.4. The molecule has 0 bridgehead atoms. The highest BCUT2D eigenvalue weighted by Gasteiger charge is 2.41. The lowest BCUT2D eigenvalue weighted by molar-refractivity contribution is -0.144. The van der Waals surface area contributed by atoms with Crippen LogP contribution in [0, 0.1) is 29.4 Å². The van der Waals surface area contributed by atoms with Crippen LogP contribution in [-0.4, -0.2) is 65.4 Å². The highest BCUT2D eigenvalue weighted by atomic mass is 32.2. The number of benzene rings is 2. The molecule has 2 saturated heterocycles. The second kappa shape index (κ2) is 12.9. The number of aliphatic carboxylic acids is 1.